The van der Waals surface area contributed by atoms with Crippen LogP contribution in [-0.2, 0) is 0 Å². The lowest BCUT2D eigenvalue weighted by molar-refractivity contribution is -0.430. The summed E-state index contributed by atoms with van der Waals surface area (Å²) in [7, 11) is 1.46. The van der Waals surface area contributed by atoms with Gasteiger partial charge in [0.15, 0.2) is 5.82 Å². The number of rotatable bonds is 3. The van der Waals surface area contributed by atoms with E-state index in [1.165, 1.54) is 7.11 Å². The van der Waals surface area contributed by atoms with Crippen LogP contribution in [0.4, 0.5) is 17.3 Å². The van der Waals surface area contributed by atoms with Gasteiger partial charge in [-0.05, 0) is 18.2 Å². The van der Waals surface area contributed by atoms with Crippen molar-refractivity contribution >= 4 is 28.9 Å². The Labute approximate surface area is 170 Å². The molecule has 1 atom stereocenters. The maximum absolute atomic E-state index is 12.2. The summed E-state index contributed by atoms with van der Waals surface area (Å²) in [6.45, 7) is 0.920. The Balaban J connectivity index is 2.13. The number of pyridine rings is 1. The number of nitrogens with one attached hydrogen (secondary N) is 1. The van der Waals surface area contributed by atoms with Gasteiger partial charge in [0, 0.05) is 29.2 Å². The van der Waals surface area contributed by atoms with E-state index in [9.17, 15) is 15.4 Å². The second kappa shape index (κ2) is 6.72. The average molecular weight is 414 g/mol. The number of hydrogen-bond acceptors (Lipinski definition) is 9. The molecule has 0 bridgehead atoms. The lowest BCUT2D eigenvalue weighted by Crippen LogP contribution is -2.34. The van der Waals surface area contributed by atoms with Crippen molar-refractivity contribution in [1.82, 2.24) is 10.3 Å². The van der Waals surface area contributed by atoms with Gasteiger partial charge >= 0.3 is 0 Å². The first kappa shape index (κ1) is 18.6. The van der Waals surface area contributed by atoms with Crippen LogP contribution in [0.3, 0.4) is 0 Å². The molecule has 0 aliphatic carbocycles. The SMILES string of the molecule is COc1ccc(Cl)cc1C1C([N+](=O)[O-])=C2NCCN2c2nc(N)c(C#N)c(N)c21. The Morgan fingerprint density at radius 1 is 1.48 bits per heavy atom. The second-order valence-corrected chi connectivity index (χ2v) is 6.96. The van der Waals surface area contributed by atoms with Crippen molar-refractivity contribution in [3.8, 4) is 11.8 Å². The fourth-order valence-corrected chi connectivity index (χ4v) is 4.04. The van der Waals surface area contributed by atoms with Crippen LogP contribution in [0, 0.1) is 21.4 Å². The standard InChI is InChI=1S/C18H16ClN7O3/c1-29-11-3-2-8(19)6-9(11)12-13-14(21)10(7-20)16(22)24-17(13)25-5-4-23-18(25)15(12)26(27)28/h2-3,6,12,23H,4-5H2,1H3,(H4,21,22,24). The summed E-state index contributed by atoms with van der Waals surface area (Å²) >= 11 is 6.20. The average Bonchev–Trinajstić information content (AvgIpc) is 3.16. The Morgan fingerprint density at radius 3 is 2.90 bits per heavy atom. The van der Waals surface area contributed by atoms with Gasteiger partial charge in [-0.15, -0.1) is 0 Å². The molecule has 11 heteroatoms. The third-order valence-electron chi connectivity index (χ3n) is 5.05. The number of methoxy groups -OCH3 is 1. The number of anilines is 3. The van der Waals surface area contributed by atoms with E-state index in [0.717, 1.165) is 0 Å². The Hall–Kier alpha value is -3.71. The van der Waals surface area contributed by atoms with E-state index in [1.807, 2.05) is 6.07 Å². The lowest BCUT2D eigenvalue weighted by atomic mass is 9.83. The summed E-state index contributed by atoms with van der Waals surface area (Å²) in [5.74, 6) is 0.0794. The maximum atomic E-state index is 12.2. The van der Waals surface area contributed by atoms with Gasteiger partial charge in [0.2, 0.25) is 0 Å². The van der Waals surface area contributed by atoms with Crippen molar-refractivity contribution < 1.29 is 9.66 Å². The summed E-state index contributed by atoms with van der Waals surface area (Å²) < 4.78 is 5.44. The number of allylic oxidation sites excluding steroid dienone is 1. The first-order valence-corrected chi connectivity index (χ1v) is 8.99. The minimum atomic E-state index is -0.967. The van der Waals surface area contributed by atoms with Gasteiger partial charge in [0.05, 0.1) is 17.7 Å². The fourth-order valence-electron chi connectivity index (χ4n) is 3.86. The molecule has 2 aliphatic rings. The van der Waals surface area contributed by atoms with Crippen LogP contribution in [0.25, 0.3) is 0 Å². The summed E-state index contributed by atoms with van der Waals surface area (Å²) in [6, 6.07) is 6.78. The van der Waals surface area contributed by atoms with Crippen LogP contribution in [-0.4, -0.2) is 30.1 Å². The third-order valence-corrected chi connectivity index (χ3v) is 5.29. The summed E-state index contributed by atoms with van der Waals surface area (Å²) in [5, 5.41) is 25.1. The lowest BCUT2D eigenvalue weighted by Gasteiger charge is -2.32. The van der Waals surface area contributed by atoms with E-state index in [4.69, 9.17) is 27.8 Å². The van der Waals surface area contributed by atoms with E-state index in [0.29, 0.717) is 46.6 Å². The molecule has 5 N–H and O–H groups in total. The molecule has 29 heavy (non-hydrogen) atoms. The number of nitrogens with zero attached hydrogens (tertiary/aromatic N) is 4. The summed E-state index contributed by atoms with van der Waals surface area (Å²) in [6.07, 6.45) is 0. The predicted octanol–water partition coefficient (Wildman–Crippen LogP) is 1.78. The molecule has 2 aliphatic heterocycles. The van der Waals surface area contributed by atoms with E-state index in [1.54, 1.807) is 23.1 Å². The number of halogens is 1. The van der Waals surface area contributed by atoms with E-state index >= 15 is 0 Å². The molecule has 2 aromatic rings. The van der Waals surface area contributed by atoms with Crippen molar-refractivity contribution in [2.24, 2.45) is 0 Å². The van der Waals surface area contributed by atoms with Gasteiger partial charge in [-0.2, -0.15) is 5.26 Å². The van der Waals surface area contributed by atoms with Crippen LogP contribution in [0.5, 0.6) is 5.75 Å². The highest BCUT2D eigenvalue weighted by Gasteiger charge is 2.47. The van der Waals surface area contributed by atoms with Crippen LogP contribution in [0.15, 0.2) is 29.7 Å². The molecule has 1 saturated heterocycles. The molecule has 0 spiro atoms. The van der Waals surface area contributed by atoms with Crippen LogP contribution in [0.1, 0.15) is 22.6 Å². The Bertz CT molecular complexity index is 1130. The molecule has 4 rings (SSSR count). The van der Waals surface area contributed by atoms with E-state index in [-0.39, 0.29) is 22.8 Å². The highest BCUT2D eigenvalue weighted by Crippen LogP contribution is 2.50. The number of aromatic nitrogens is 1. The number of nitriles is 1. The number of nitro groups is 1. The Morgan fingerprint density at radius 2 is 2.24 bits per heavy atom. The molecule has 3 heterocycles. The van der Waals surface area contributed by atoms with Crippen LogP contribution >= 0.6 is 11.6 Å². The summed E-state index contributed by atoms with van der Waals surface area (Å²) in [5.41, 5.74) is 12.9. The van der Waals surface area contributed by atoms with Crippen molar-refractivity contribution in [2.75, 3.05) is 36.6 Å². The van der Waals surface area contributed by atoms with Crippen molar-refractivity contribution in [3.63, 3.8) is 0 Å². The zero-order valence-corrected chi connectivity index (χ0v) is 16.0. The topological polar surface area (TPSA) is 156 Å². The highest BCUT2D eigenvalue weighted by atomic mass is 35.5. The van der Waals surface area contributed by atoms with Gasteiger partial charge in [0.25, 0.3) is 5.70 Å². The second-order valence-electron chi connectivity index (χ2n) is 6.52. The number of benzene rings is 1. The Kier molecular flexibility index (Phi) is 4.32. The normalized spacial score (nSPS) is 17.3. The highest BCUT2D eigenvalue weighted by molar-refractivity contribution is 6.30. The molecular formula is C18H16ClN7O3. The number of nitrogen functional groups attached to an aromatic ring is 2. The first-order valence-electron chi connectivity index (χ1n) is 8.61. The first-order chi connectivity index (χ1) is 13.9. The van der Waals surface area contributed by atoms with Crippen LogP contribution in [0.2, 0.25) is 5.02 Å². The molecule has 10 nitrogen and oxygen atoms in total. The van der Waals surface area contributed by atoms with Crippen molar-refractivity contribution in [2.45, 2.75) is 5.92 Å². The van der Waals surface area contributed by atoms with Gasteiger partial charge < -0.3 is 26.4 Å². The molecule has 1 fully saturated rings. The molecule has 1 aromatic heterocycles. The summed E-state index contributed by atoms with van der Waals surface area (Å²) in [4.78, 5) is 17.7. The molecular weight excluding hydrogens is 398 g/mol. The number of nitrogens with two attached hydrogens (primary N) is 2. The smallest absolute Gasteiger partial charge is 0.298 e. The van der Waals surface area contributed by atoms with Gasteiger partial charge in [0.1, 0.15) is 34.9 Å². The third kappa shape index (κ3) is 2.67. The number of ether oxygens (including phenoxy) is 1. The monoisotopic (exact) mass is 413 g/mol. The minimum absolute atomic E-state index is 0.0203. The molecule has 0 radical (unpaired) electrons. The zero-order chi connectivity index (χ0) is 20.9. The van der Waals surface area contributed by atoms with Gasteiger partial charge in [-0.3, -0.25) is 10.1 Å². The molecule has 148 valence electrons. The van der Waals surface area contributed by atoms with Gasteiger partial charge in [-0.1, -0.05) is 11.6 Å². The van der Waals surface area contributed by atoms with E-state index < -0.39 is 10.8 Å². The number of fused-ring (bicyclic) bond motifs is 3. The maximum Gasteiger partial charge on any atom is 0.298 e. The zero-order valence-electron chi connectivity index (χ0n) is 15.3. The fraction of sp³-hybridized carbons (Fsp3) is 0.222. The van der Waals surface area contributed by atoms with E-state index in [2.05, 4.69) is 10.3 Å². The van der Waals surface area contributed by atoms with Crippen LogP contribution < -0.4 is 26.4 Å². The quantitative estimate of drug-likeness (QED) is 0.503. The van der Waals surface area contributed by atoms with Gasteiger partial charge in [-0.25, -0.2) is 4.98 Å². The molecule has 1 unspecified atom stereocenters. The molecule has 1 aromatic carbocycles. The minimum Gasteiger partial charge on any atom is -0.496 e. The largest absolute Gasteiger partial charge is 0.496 e. The number of hydrogen-bond donors (Lipinski definition) is 3. The van der Waals surface area contributed by atoms with Crippen molar-refractivity contribution in [3.05, 3.63) is 61.5 Å². The van der Waals surface area contributed by atoms with Crippen molar-refractivity contribution in [1.29, 1.82) is 5.26 Å². The molecule has 0 saturated carbocycles. The molecule has 0 amide bonds. The predicted molar refractivity (Wildman–Crippen MR) is 107 cm³/mol.